The number of hydrogen-bond acceptors (Lipinski definition) is 4. The predicted molar refractivity (Wildman–Crippen MR) is 75.2 cm³/mol. The number of thioether (sulfide) groups is 1. The maximum atomic E-state index is 4.46. The Morgan fingerprint density at radius 1 is 1.50 bits per heavy atom. The largest absolute Gasteiger partial charge is 0.312 e. The van der Waals surface area contributed by atoms with Gasteiger partial charge in [0.05, 0.1) is 0 Å². The Balaban J connectivity index is 2.28. The highest BCUT2D eigenvalue weighted by molar-refractivity contribution is 7.99. The lowest BCUT2D eigenvalue weighted by molar-refractivity contribution is 0.681. The number of hydrogen-bond donors (Lipinski definition) is 1. The summed E-state index contributed by atoms with van der Waals surface area (Å²) in [6, 6.07) is 0. The summed E-state index contributed by atoms with van der Waals surface area (Å²) in [5.74, 6) is 1.06. The number of nitrogens with zero attached hydrogens (tertiary/aromatic N) is 1. The molecule has 0 aliphatic carbocycles. The molecule has 1 aromatic rings. The molecule has 1 heterocycles. The van der Waals surface area contributed by atoms with Crippen LogP contribution in [0.25, 0.3) is 0 Å². The number of aromatic nitrogens is 1. The van der Waals surface area contributed by atoms with Gasteiger partial charge >= 0.3 is 0 Å². The second kappa shape index (κ2) is 8.09. The topological polar surface area (TPSA) is 24.9 Å². The van der Waals surface area contributed by atoms with E-state index in [1.807, 2.05) is 29.3 Å². The average molecular weight is 258 g/mol. The molecule has 0 aliphatic rings. The van der Waals surface area contributed by atoms with Crippen molar-refractivity contribution in [2.24, 2.45) is 0 Å². The van der Waals surface area contributed by atoms with Crippen LogP contribution in [0, 0.1) is 0 Å². The third-order valence-corrected chi connectivity index (χ3v) is 4.92. The smallest absolute Gasteiger partial charge is 0.103 e. The first-order valence-corrected chi connectivity index (χ1v) is 7.88. The van der Waals surface area contributed by atoms with E-state index < -0.39 is 0 Å². The quantitative estimate of drug-likeness (QED) is 0.720. The third kappa shape index (κ3) is 5.32. The SMILES string of the molecule is CCCNCc1cnc(CSC(C)CC)s1. The summed E-state index contributed by atoms with van der Waals surface area (Å²) in [5, 5.41) is 5.41. The molecule has 0 radical (unpaired) electrons. The van der Waals surface area contributed by atoms with Crippen molar-refractivity contribution in [3.05, 3.63) is 16.1 Å². The van der Waals surface area contributed by atoms with Crippen molar-refractivity contribution in [2.75, 3.05) is 6.54 Å². The van der Waals surface area contributed by atoms with Crippen LogP contribution in [0.15, 0.2) is 6.20 Å². The number of nitrogens with one attached hydrogen (secondary N) is 1. The molecule has 0 amide bonds. The molecule has 0 saturated heterocycles. The summed E-state index contributed by atoms with van der Waals surface area (Å²) in [6.07, 6.45) is 4.44. The molecule has 92 valence electrons. The molecular formula is C12H22N2S2. The van der Waals surface area contributed by atoms with Crippen LogP contribution in [0.4, 0.5) is 0 Å². The van der Waals surface area contributed by atoms with Crippen molar-refractivity contribution >= 4 is 23.1 Å². The first-order chi connectivity index (χ1) is 7.76. The van der Waals surface area contributed by atoms with Crippen molar-refractivity contribution in [3.63, 3.8) is 0 Å². The van der Waals surface area contributed by atoms with Crippen molar-refractivity contribution in [1.29, 1.82) is 0 Å². The summed E-state index contributed by atoms with van der Waals surface area (Å²) in [4.78, 5) is 5.81. The fourth-order valence-electron chi connectivity index (χ4n) is 1.22. The van der Waals surface area contributed by atoms with Crippen LogP contribution in [0.1, 0.15) is 43.5 Å². The van der Waals surface area contributed by atoms with Gasteiger partial charge in [-0.25, -0.2) is 4.98 Å². The Bertz CT molecular complexity index is 286. The number of rotatable bonds is 8. The molecule has 1 rings (SSSR count). The Morgan fingerprint density at radius 2 is 2.31 bits per heavy atom. The molecule has 1 N–H and O–H groups in total. The monoisotopic (exact) mass is 258 g/mol. The Hall–Kier alpha value is -0.0600. The second-order valence-electron chi connectivity index (χ2n) is 3.93. The Morgan fingerprint density at radius 3 is 3.00 bits per heavy atom. The van der Waals surface area contributed by atoms with Crippen LogP contribution < -0.4 is 5.32 Å². The van der Waals surface area contributed by atoms with Crippen LogP contribution in [-0.2, 0) is 12.3 Å². The molecule has 4 heteroatoms. The van der Waals surface area contributed by atoms with Crippen molar-refractivity contribution < 1.29 is 0 Å². The number of thiazole rings is 1. The maximum absolute atomic E-state index is 4.46. The van der Waals surface area contributed by atoms with Crippen molar-refractivity contribution in [1.82, 2.24) is 10.3 Å². The van der Waals surface area contributed by atoms with Gasteiger partial charge < -0.3 is 5.32 Å². The fourth-order valence-corrected chi connectivity index (χ4v) is 3.08. The lowest BCUT2D eigenvalue weighted by Gasteiger charge is -2.05. The van der Waals surface area contributed by atoms with Gasteiger partial charge in [-0.2, -0.15) is 11.8 Å². The van der Waals surface area contributed by atoms with Crippen LogP contribution in [0.5, 0.6) is 0 Å². The molecular weight excluding hydrogens is 236 g/mol. The van der Waals surface area contributed by atoms with E-state index in [0.717, 1.165) is 24.1 Å². The van der Waals surface area contributed by atoms with E-state index in [1.165, 1.54) is 22.7 Å². The molecule has 0 saturated carbocycles. The van der Waals surface area contributed by atoms with E-state index >= 15 is 0 Å². The van der Waals surface area contributed by atoms with E-state index in [0.29, 0.717) is 0 Å². The molecule has 0 aromatic carbocycles. The average Bonchev–Trinajstić information content (AvgIpc) is 2.74. The molecule has 1 atom stereocenters. The minimum atomic E-state index is 0.741. The molecule has 1 unspecified atom stereocenters. The lowest BCUT2D eigenvalue weighted by Crippen LogP contribution is -2.12. The highest BCUT2D eigenvalue weighted by Crippen LogP contribution is 2.22. The van der Waals surface area contributed by atoms with Crippen LogP contribution in [-0.4, -0.2) is 16.8 Å². The van der Waals surface area contributed by atoms with Crippen LogP contribution in [0.2, 0.25) is 0 Å². The van der Waals surface area contributed by atoms with Crippen LogP contribution in [0.3, 0.4) is 0 Å². The summed E-state index contributed by atoms with van der Waals surface area (Å²) in [6.45, 7) is 8.77. The lowest BCUT2D eigenvalue weighted by atomic mass is 10.4. The van der Waals surface area contributed by atoms with Crippen molar-refractivity contribution in [2.45, 2.75) is 51.2 Å². The highest BCUT2D eigenvalue weighted by Gasteiger charge is 2.04. The zero-order valence-corrected chi connectivity index (χ0v) is 12.1. The van der Waals surface area contributed by atoms with Gasteiger partial charge in [0.2, 0.25) is 0 Å². The van der Waals surface area contributed by atoms with E-state index in [9.17, 15) is 0 Å². The van der Waals surface area contributed by atoms with Gasteiger partial charge in [0.15, 0.2) is 0 Å². The molecule has 0 bridgehead atoms. The van der Waals surface area contributed by atoms with E-state index in [-0.39, 0.29) is 0 Å². The summed E-state index contributed by atoms with van der Waals surface area (Å²) in [5.41, 5.74) is 0. The zero-order valence-electron chi connectivity index (χ0n) is 10.5. The molecule has 0 aliphatic heterocycles. The van der Waals surface area contributed by atoms with Crippen LogP contribution >= 0.6 is 23.1 Å². The predicted octanol–water partition coefficient (Wildman–Crippen LogP) is 3.67. The van der Waals surface area contributed by atoms with E-state index in [2.05, 4.69) is 31.1 Å². The third-order valence-electron chi connectivity index (χ3n) is 2.39. The normalized spacial score (nSPS) is 12.9. The van der Waals surface area contributed by atoms with Crippen molar-refractivity contribution in [3.8, 4) is 0 Å². The highest BCUT2D eigenvalue weighted by atomic mass is 32.2. The molecule has 16 heavy (non-hydrogen) atoms. The minimum Gasteiger partial charge on any atom is -0.312 e. The van der Waals surface area contributed by atoms with Gasteiger partial charge in [-0.05, 0) is 19.4 Å². The first kappa shape index (κ1) is 14.0. The molecule has 0 spiro atoms. The molecule has 1 aromatic heterocycles. The summed E-state index contributed by atoms with van der Waals surface area (Å²) in [7, 11) is 0. The first-order valence-electron chi connectivity index (χ1n) is 6.02. The van der Waals surface area contributed by atoms with Gasteiger partial charge in [0.1, 0.15) is 5.01 Å². The van der Waals surface area contributed by atoms with Gasteiger partial charge in [0, 0.05) is 28.6 Å². The van der Waals surface area contributed by atoms with Gasteiger partial charge in [0.25, 0.3) is 0 Å². The second-order valence-corrected chi connectivity index (χ2v) is 6.55. The molecule has 2 nitrogen and oxygen atoms in total. The van der Waals surface area contributed by atoms with Gasteiger partial charge in [-0.3, -0.25) is 0 Å². The van der Waals surface area contributed by atoms with E-state index in [4.69, 9.17) is 0 Å². The summed E-state index contributed by atoms with van der Waals surface area (Å²) >= 11 is 3.84. The standard InChI is InChI=1S/C12H22N2S2/c1-4-6-13-7-11-8-14-12(16-11)9-15-10(3)5-2/h8,10,13H,4-7,9H2,1-3H3. The zero-order chi connectivity index (χ0) is 11.8. The van der Waals surface area contributed by atoms with E-state index in [1.54, 1.807) is 0 Å². The minimum absolute atomic E-state index is 0.741. The summed E-state index contributed by atoms with van der Waals surface area (Å²) < 4.78 is 0. The van der Waals surface area contributed by atoms with Gasteiger partial charge in [-0.15, -0.1) is 11.3 Å². The molecule has 0 fully saturated rings. The Labute approximate surface area is 107 Å². The maximum Gasteiger partial charge on any atom is 0.103 e. The van der Waals surface area contributed by atoms with Gasteiger partial charge in [-0.1, -0.05) is 20.8 Å². The fraction of sp³-hybridized carbons (Fsp3) is 0.750. The Kier molecular flexibility index (Phi) is 7.08.